The second-order valence-corrected chi connectivity index (χ2v) is 7.86. The lowest BCUT2D eigenvalue weighted by atomic mass is 9.96. The molecule has 7 nitrogen and oxygen atoms in total. The van der Waals surface area contributed by atoms with Crippen LogP contribution in [0.1, 0.15) is 47.6 Å². The number of esters is 1. The first-order chi connectivity index (χ1) is 14.5. The molecule has 0 radical (unpaired) electrons. The Bertz CT molecular complexity index is 884. The predicted molar refractivity (Wildman–Crippen MR) is 119 cm³/mol. The summed E-state index contributed by atoms with van der Waals surface area (Å²) in [6, 6.07) is 8.09. The highest BCUT2D eigenvalue weighted by atomic mass is 32.1. The lowest BCUT2D eigenvalue weighted by Crippen LogP contribution is -2.31. The monoisotopic (exact) mass is 430 g/mol. The number of methoxy groups -OCH3 is 2. The lowest BCUT2D eigenvalue weighted by molar-refractivity contribution is -0.140. The Morgan fingerprint density at radius 1 is 1.27 bits per heavy atom. The summed E-state index contributed by atoms with van der Waals surface area (Å²) in [7, 11) is 3.13. The Morgan fingerprint density at radius 3 is 2.73 bits per heavy atom. The molecule has 2 aromatic rings. The number of aryl methyl sites for hydroxylation is 1. The molecule has 0 bridgehead atoms. The highest BCUT2D eigenvalue weighted by Gasteiger charge is 2.41. The van der Waals surface area contributed by atoms with Gasteiger partial charge in [-0.15, -0.1) is 0 Å². The van der Waals surface area contributed by atoms with Crippen molar-refractivity contribution in [3.05, 3.63) is 53.1 Å². The van der Waals surface area contributed by atoms with Gasteiger partial charge in [0.05, 0.1) is 31.5 Å². The van der Waals surface area contributed by atoms with Crippen molar-refractivity contribution < 1.29 is 14.3 Å². The Hall–Kier alpha value is -2.45. The van der Waals surface area contributed by atoms with Crippen molar-refractivity contribution in [2.45, 2.75) is 45.3 Å². The summed E-state index contributed by atoms with van der Waals surface area (Å²) >= 11 is 5.70. The average molecular weight is 431 g/mol. The smallest absolute Gasteiger partial charge is 0.305 e. The minimum Gasteiger partial charge on any atom is -0.469 e. The summed E-state index contributed by atoms with van der Waals surface area (Å²) in [6.07, 6.45) is 2.84. The van der Waals surface area contributed by atoms with Gasteiger partial charge in [0.25, 0.3) is 0 Å². The van der Waals surface area contributed by atoms with E-state index < -0.39 is 0 Å². The molecule has 2 atom stereocenters. The van der Waals surface area contributed by atoms with E-state index in [-0.39, 0.29) is 18.1 Å². The van der Waals surface area contributed by atoms with Crippen LogP contribution in [0.3, 0.4) is 0 Å². The third-order valence-corrected chi connectivity index (χ3v) is 6.01. The van der Waals surface area contributed by atoms with Gasteiger partial charge in [-0.3, -0.25) is 9.78 Å². The molecule has 1 saturated heterocycles. The molecule has 8 heteroatoms. The number of nitrogens with zero attached hydrogens (tertiary/aromatic N) is 3. The molecule has 1 aliphatic rings. The van der Waals surface area contributed by atoms with Gasteiger partial charge in [0.15, 0.2) is 5.11 Å². The zero-order valence-electron chi connectivity index (χ0n) is 18.1. The fourth-order valence-electron chi connectivity index (χ4n) is 4.13. The van der Waals surface area contributed by atoms with Crippen molar-refractivity contribution in [3.8, 4) is 0 Å². The van der Waals surface area contributed by atoms with Gasteiger partial charge in [-0.05, 0) is 56.2 Å². The summed E-state index contributed by atoms with van der Waals surface area (Å²) in [5, 5.41) is 4.15. The number of ether oxygens (including phenoxy) is 2. The van der Waals surface area contributed by atoms with Crippen LogP contribution in [0.4, 0.5) is 0 Å². The molecule has 3 rings (SSSR count). The molecule has 0 unspecified atom stereocenters. The number of hydrogen-bond acceptors (Lipinski definition) is 5. The van der Waals surface area contributed by atoms with E-state index in [1.165, 1.54) is 24.1 Å². The number of rotatable bonds is 9. The molecule has 1 N–H and O–H groups in total. The maximum Gasteiger partial charge on any atom is 0.305 e. The Kier molecular flexibility index (Phi) is 7.44. The number of hydrogen-bond donors (Lipinski definition) is 1. The largest absolute Gasteiger partial charge is 0.469 e. The van der Waals surface area contributed by atoms with Crippen LogP contribution in [0.2, 0.25) is 0 Å². The Balaban J connectivity index is 1.95. The van der Waals surface area contributed by atoms with E-state index in [4.69, 9.17) is 21.7 Å². The second kappa shape index (κ2) is 10.0. The van der Waals surface area contributed by atoms with Crippen molar-refractivity contribution in [3.63, 3.8) is 0 Å². The van der Waals surface area contributed by atoms with Gasteiger partial charge in [-0.1, -0.05) is 6.07 Å². The summed E-state index contributed by atoms with van der Waals surface area (Å²) in [6.45, 7) is 6.38. The zero-order valence-corrected chi connectivity index (χ0v) is 18.9. The molecular weight excluding hydrogens is 400 g/mol. The number of nitrogens with one attached hydrogen (secondary N) is 1. The van der Waals surface area contributed by atoms with E-state index >= 15 is 0 Å². The standard InChI is InChI=1S/C22H30N4O3S/c1-15-14-17(16(2)25(15)12-13-28-3)21-20(18-8-5-6-10-23-18)24-22(30)26(21)11-7-9-19(27)29-4/h5-6,8,10,14,20-21H,7,9,11-13H2,1-4H3,(H,24,30)/t20-,21+/m1/s1. The molecule has 0 saturated carbocycles. The molecule has 0 aromatic carbocycles. The van der Waals surface area contributed by atoms with Gasteiger partial charge in [0.2, 0.25) is 0 Å². The predicted octanol–water partition coefficient (Wildman–Crippen LogP) is 3.07. The number of carbonyl (C=O) groups excluding carboxylic acids is 1. The Labute approximate surface area is 183 Å². The molecule has 1 aliphatic heterocycles. The lowest BCUT2D eigenvalue weighted by Gasteiger charge is -2.28. The molecule has 0 amide bonds. The molecule has 3 heterocycles. The molecule has 1 fully saturated rings. The minimum atomic E-state index is -0.205. The quantitative estimate of drug-likeness (QED) is 0.484. The van der Waals surface area contributed by atoms with E-state index in [2.05, 4.69) is 39.7 Å². The normalized spacial score (nSPS) is 18.5. The van der Waals surface area contributed by atoms with Crippen LogP contribution < -0.4 is 5.32 Å². The van der Waals surface area contributed by atoms with Gasteiger partial charge in [-0.25, -0.2) is 0 Å². The van der Waals surface area contributed by atoms with Crippen LogP contribution in [-0.2, 0) is 20.8 Å². The second-order valence-electron chi connectivity index (χ2n) is 7.47. The summed E-state index contributed by atoms with van der Waals surface area (Å²) in [5.41, 5.74) is 4.54. The highest BCUT2D eigenvalue weighted by Crippen LogP contribution is 2.40. The summed E-state index contributed by atoms with van der Waals surface area (Å²) < 4.78 is 12.4. The first-order valence-corrected chi connectivity index (χ1v) is 10.6. The SMILES string of the molecule is COCCn1c(C)cc([C@H]2[C@@H](c3ccccn3)NC(=S)N2CCCC(=O)OC)c1C. The number of aromatic nitrogens is 2. The van der Waals surface area contributed by atoms with Crippen LogP contribution in [0.15, 0.2) is 30.5 Å². The van der Waals surface area contributed by atoms with Crippen molar-refractivity contribution >= 4 is 23.3 Å². The van der Waals surface area contributed by atoms with Crippen molar-refractivity contribution in [1.82, 2.24) is 19.8 Å². The van der Waals surface area contributed by atoms with Gasteiger partial charge in [0.1, 0.15) is 0 Å². The summed E-state index contributed by atoms with van der Waals surface area (Å²) in [4.78, 5) is 18.4. The van der Waals surface area contributed by atoms with E-state index in [1.54, 1.807) is 13.3 Å². The van der Waals surface area contributed by atoms with E-state index in [1.807, 2.05) is 18.2 Å². The van der Waals surface area contributed by atoms with Gasteiger partial charge < -0.3 is 24.3 Å². The molecule has 0 spiro atoms. The van der Waals surface area contributed by atoms with Gasteiger partial charge in [0, 0.05) is 44.2 Å². The maximum absolute atomic E-state index is 11.6. The van der Waals surface area contributed by atoms with Crippen LogP contribution in [0.25, 0.3) is 0 Å². The van der Waals surface area contributed by atoms with Crippen LogP contribution >= 0.6 is 12.2 Å². The first kappa shape index (κ1) is 22.2. The van der Waals surface area contributed by atoms with Gasteiger partial charge in [-0.2, -0.15) is 0 Å². The maximum atomic E-state index is 11.6. The topological polar surface area (TPSA) is 68.6 Å². The van der Waals surface area contributed by atoms with Crippen molar-refractivity contribution in [2.75, 3.05) is 27.4 Å². The number of thiocarbonyl (C=S) groups is 1. The number of carbonyl (C=O) groups is 1. The fraction of sp³-hybridized carbons (Fsp3) is 0.500. The third kappa shape index (κ3) is 4.65. The van der Waals surface area contributed by atoms with E-state index in [9.17, 15) is 4.79 Å². The highest BCUT2D eigenvalue weighted by molar-refractivity contribution is 7.80. The fourth-order valence-corrected chi connectivity index (χ4v) is 4.47. The molecule has 0 aliphatic carbocycles. The molecule has 30 heavy (non-hydrogen) atoms. The molecule has 162 valence electrons. The Morgan fingerprint density at radius 2 is 2.07 bits per heavy atom. The molecular formula is C22H30N4O3S. The van der Waals surface area contributed by atoms with Crippen molar-refractivity contribution in [2.24, 2.45) is 0 Å². The van der Waals surface area contributed by atoms with Crippen LogP contribution in [-0.4, -0.2) is 52.9 Å². The number of pyridine rings is 1. The van der Waals surface area contributed by atoms with E-state index in [0.717, 1.165) is 12.2 Å². The average Bonchev–Trinajstić information content (AvgIpc) is 3.22. The van der Waals surface area contributed by atoms with Crippen molar-refractivity contribution in [1.29, 1.82) is 0 Å². The first-order valence-electron chi connectivity index (χ1n) is 10.2. The van der Waals surface area contributed by atoms with Crippen LogP contribution in [0, 0.1) is 13.8 Å². The zero-order chi connectivity index (χ0) is 21.7. The molecule has 2 aromatic heterocycles. The minimum absolute atomic E-state index is 0.00691. The van der Waals surface area contributed by atoms with E-state index in [0.29, 0.717) is 31.1 Å². The van der Waals surface area contributed by atoms with Crippen LogP contribution in [0.5, 0.6) is 0 Å². The third-order valence-electron chi connectivity index (χ3n) is 5.66. The summed E-state index contributed by atoms with van der Waals surface area (Å²) in [5.74, 6) is -0.205. The van der Waals surface area contributed by atoms with Gasteiger partial charge >= 0.3 is 5.97 Å².